The number of aryl methyl sites for hydroxylation is 1. The van der Waals surface area contributed by atoms with Gasteiger partial charge in [0.1, 0.15) is 17.3 Å². The molecule has 1 aliphatic rings. The van der Waals surface area contributed by atoms with Gasteiger partial charge in [-0.1, -0.05) is 49.7 Å². The molecule has 4 rings (SSSR count). The number of benzene rings is 3. The Morgan fingerprint density at radius 3 is 2.38 bits per heavy atom. The van der Waals surface area contributed by atoms with Gasteiger partial charge in [-0.15, -0.1) is 13.2 Å². The fourth-order valence-corrected chi connectivity index (χ4v) is 4.67. The number of ether oxygens (including phenoxy) is 2. The number of carbonyl (C=O) groups is 2. The number of anilines is 1. The molecule has 0 radical (unpaired) electrons. The Kier molecular flexibility index (Phi) is 7.72. The zero-order chi connectivity index (χ0) is 28.5. The van der Waals surface area contributed by atoms with E-state index in [-0.39, 0.29) is 17.2 Å². The van der Waals surface area contributed by atoms with Crippen LogP contribution >= 0.6 is 0 Å². The van der Waals surface area contributed by atoms with Crippen LogP contribution in [0.25, 0.3) is 5.76 Å². The van der Waals surface area contributed by atoms with E-state index in [0.717, 1.165) is 28.2 Å². The number of halogens is 3. The van der Waals surface area contributed by atoms with Crippen LogP contribution in [0, 0.1) is 6.92 Å². The summed E-state index contributed by atoms with van der Waals surface area (Å²) in [7, 11) is 0. The van der Waals surface area contributed by atoms with Crippen LogP contribution in [0.5, 0.6) is 11.5 Å². The molecule has 204 valence electrons. The number of carbonyl (C=O) groups excluding carboxylic acids is 2. The highest BCUT2D eigenvalue weighted by molar-refractivity contribution is 6.51. The Bertz CT molecular complexity index is 1440. The second-order valence-electron chi connectivity index (χ2n) is 9.47. The average Bonchev–Trinajstić information content (AvgIpc) is 3.13. The molecule has 1 atom stereocenters. The first-order valence-corrected chi connectivity index (χ1v) is 12.4. The Balaban J connectivity index is 1.91. The summed E-state index contributed by atoms with van der Waals surface area (Å²) in [5.74, 6) is -2.21. The lowest BCUT2D eigenvalue weighted by molar-refractivity contribution is -0.274. The number of aliphatic hydroxyl groups is 1. The third-order valence-electron chi connectivity index (χ3n) is 6.34. The topological polar surface area (TPSA) is 76.1 Å². The van der Waals surface area contributed by atoms with E-state index >= 15 is 0 Å². The maximum Gasteiger partial charge on any atom is 0.573 e. The van der Waals surface area contributed by atoms with Gasteiger partial charge in [-0.05, 0) is 61.2 Å². The van der Waals surface area contributed by atoms with Crippen LogP contribution in [0.15, 0.2) is 72.3 Å². The SMILES string of the molecule is CCOc1ccc(/C(O)=C2/C(=O)C(=O)N(c3cccc(OC(F)(F)F)c3)C2c2cccc(C)c2)cc1C(C)C. The molecule has 0 saturated carbocycles. The van der Waals surface area contributed by atoms with E-state index in [4.69, 9.17) is 4.74 Å². The minimum Gasteiger partial charge on any atom is -0.507 e. The molecular weight excluding hydrogens is 511 g/mol. The van der Waals surface area contributed by atoms with Gasteiger partial charge >= 0.3 is 6.36 Å². The minimum absolute atomic E-state index is 0.0129. The van der Waals surface area contributed by atoms with E-state index < -0.39 is 35.6 Å². The number of aliphatic hydroxyl groups excluding tert-OH is 1. The lowest BCUT2D eigenvalue weighted by atomic mass is 9.92. The van der Waals surface area contributed by atoms with Gasteiger partial charge in [-0.3, -0.25) is 14.5 Å². The molecule has 1 N–H and O–H groups in total. The number of nitrogens with zero attached hydrogens (tertiary/aromatic N) is 1. The summed E-state index contributed by atoms with van der Waals surface area (Å²) < 4.78 is 48.4. The molecule has 39 heavy (non-hydrogen) atoms. The van der Waals surface area contributed by atoms with Crippen LogP contribution in [0.2, 0.25) is 0 Å². The molecule has 1 aliphatic heterocycles. The summed E-state index contributed by atoms with van der Waals surface area (Å²) in [6.45, 7) is 8.05. The van der Waals surface area contributed by atoms with Crippen molar-refractivity contribution in [1.82, 2.24) is 0 Å². The molecule has 0 aromatic heterocycles. The normalized spacial score (nSPS) is 17.1. The predicted molar refractivity (Wildman–Crippen MR) is 141 cm³/mol. The second-order valence-corrected chi connectivity index (χ2v) is 9.47. The smallest absolute Gasteiger partial charge is 0.507 e. The Labute approximate surface area is 224 Å². The van der Waals surface area contributed by atoms with Crippen molar-refractivity contribution in [3.63, 3.8) is 0 Å². The molecule has 1 fully saturated rings. The van der Waals surface area contributed by atoms with E-state index in [0.29, 0.717) is 23.5 Å². The third-order valence-corrected chi connectivity index (χ3v) is 6.34. The first-order chi connectivity index (χ1) is 18.4. The van der Waals surface area contributed by atoms with Gasteiger partial charge in [0, 0.05) is 17.3 Å². The van der Waals surface area contributed by atoms with Crippen molar-refractivity contribution in [3.05, 3.63) is 94.6 Å². The highest BCUT2D eigenvalue weighted by Crippen LogP contribution is 2.44. The molecule has 0 bridgehead atoms. The zero-order valence-corrected chi connectivity index (χ0v) is 21.9. The van der Waals surface area contributed by atoms with Crippen molar-refractivity contribution in [3.8, 4) is 11.5 Å². The summed E-state index contributed by atoms with van der Waals surface area (Å²) in [5.41, 5.74) is 2.29. The van der Waals surface area contributed by atoms with Crippen LogP contribution in [0.3, 0.4) is 0 Å². The van der Waals surface area contributed by atoms with Crippen molar-refractivity contribution < 1.29 is 37.3 Å². The molecule has 9 heteroatoms. The lowest BCUT2D eigenvalue weighted by Gasteiger charge is -2.26. The molecular formula is C30H28F3NO5. The van der Waals surface area contributed by atoms with Crippen molar-refractivity contribution >= 4 is 23.1 Å². The lowest BCUT2D eigenvalue weighted by Crippen LogP contribution is -2.29. The number of ketones is 1. The van der Waals surface area contributed by atoms with Crippen LogP contribution in [0.4, 0.5) is 18.9 Å². The van der Waals surface area contributed by atoms with Crippen LogP contribution in [0.1, 0.15) is 55.0 Å². The predicted octanol–water partition coefficient (Wildman–Crippen LogP) is 7.04. The summed E-state index contributed by atoms with van der Waals surface area (Å²) in [6, 6.07) is 15.8. The molecule has 1 amide bonds. The number of alkyl halides is 3. The number of Topliss-reactive ketones (excluding diaryl/α,β-unsaturated/α-hetero) is 1. The van der Waals surface area contributed by atoms with Gasteiger partial charge in [0.15, 0.2) is 0 Å². The largest absolute Gasteiger partial charge is 0.573 e. The number of rotatable bonds is 7. The van der Waals surface area contributed by atoms with Crippen LogP contribution in [-0.4, -0.2) is 29.8 Å². The van der Waals surface area contributed by atoms with E-state index in [1.807, 2.05) is 33.8 Å². The molecule has 1 saturated heterocycles. The molecule has 0 aliphatic carbocycles. The summed E-state index contributed by atoms with van der Waals surface area (Å²) in [5, 5.41) is 11.5. The van der Waals surface area contributed by atoms with E-state index in [2.05, 4.69) is 4.74 Å². The maximum absolute atomic E-state index is 13.4. The van der Waals surface area contributed by atoms with Crippen molar-refractivity contribution in [1.29, 1.82) is 0 Å². The summed E-state index contributed by atoms with van der Waals surface area (Å²) in [4.78, 5) is 27.9. The molecule has 3 aromatic carbocycles. The Morgan fingerprint density at radius 2 is 1.74 bits per heavy atom. The van der Waals surface area contributed by atoms with Gasteiger partial charge in [0.2, 0.25) is 0 Å². The molecule has 0 spiro atoms. The first-order valence-electron chi connectivity index (χ1n) is 12.4. The number of amides is 1. The molecule has 1 heterocycles. The van der Waals surface area contributed by atoms with E-state index in [1.54, 1.807) is 36.4 Å². The molecule has 3 aromatic rings. The quantitative estimate of drug-likeness (QED) is 0.198. The average molecular weight is 540 g/mol. The van der Waals surface area contributed by atoms with Crippen molar-refractivity contribution in [2.45, 2.75) is 46.0 Å². The fourth-order valence-electron chi connectivity index (χ4n) is 4.67. The summed E-state index contributed by atoms with van der Waals surface area (Å²) in [6.07, 6.45) is -4.94. The van der Waals surface area contributed by atoms with Gasteiger partial charge in [-0.25, -0.2) is 0 Å². The maximum atomic E-state index is 13.4. The van der Waals surface area contributed by atoms with E-state index in [9.17, 15) is 27.9 Å². The third kappa shape index (κ3) is 5.77. The summed E-state index contributed by atoms with van der Waals surface area (Å²) >= 11 is 0. The van der Waals surface area contributed by atoms with Gasteiger partial charge in [0.05, 0.1) is 18.2 Å². The van der Waals surface area contributed by atoms with Gasteiger partial charge in [0.25, 0.3) is 11.7 Å². The zero-order valence-electron chi connectivity index (χ0n) is 21.9. The standard InChI is InChI=1S/C30H28F3NO5/c1-5-38-24-13-12-20(15-23(24)17(2)3)27(35)25-26(19-9-6-8-18(4)14-19)34(29(37)28(25)36)21-10-7-11-22(16-21)39-30(31,32)33/h6-17,26,35H,5H2,1-4H3/b27-25-. The van der Waals surface area contributed by atoms with Gasteiger partial charge in [-0.2, -0.15) is 0 Å². The Hall–Kier alpha value is -4.27. The Morgan fingerprint density at radius 1 is 1.03 bits per heavy atom. The monoisotopic (exact) mass is 539 g/mol. The van der Waals surface area contributed by atoms with Crippen LogP contribution in [-0.2, 0) is 9.59 Å². The minimum atomic E-state index is -4.94. The molecule has 1 unspecified atom stereocenters. The highest BCUT2D eigenvalue weighted by atomic mass is 19.4. The van der Waals surface area contributed by atoms with Crippen LogP contribution < -0.4 is 14.4 Å². The van der Waals surface area contributed by atoms with Gasteiger partial charge < -0.3 is 14.6 Å². The fraction of sp³-hybridized carbons (Fsp3) is 0.267. The van der Waals surface area contributed by atoms with Crippen molar-refractivity contribution in [2.24, 2.45) is 0 Å². The first kappa shape index (κ1) is 27.8. The molecule has 6 nitrogen and oxygen atoms in total. The highest BCUT2D eigenvalue weighted by Gasteiger charge is 2.47. The number of hydrogen-bond donors (Lipinski definition) is 1. The van der Waals surface area contributed by atoms with Crippen molar-refractivity contribution in [2.75, 3.05) is 11.5 Å². The second kappa shape index (κ2) is 10.8. The number of hydrogen-bond acceptors (Lipinski definition) is 5. The van der Waals surface area contributed by atoms with E-state index in [1.165, 1.54) is 12.1 Å².